The summed E-state index contributed by atoms with van der Waals surface area (Å²) in [5.74, 6) is 0.285. The van der Waals surface area contributed by atoms with Gasteiger partial charge in [-0.25, -0.2) is 4.79 Å². The van der Waals surface area contributed by atoms with Crippen molar-refractivity contribution in [3.63, 3.8) is 0 Å². The molecule has 0 spiro atoms. The minimum Gasteiger partial charge on any atom is -0.497 e. The first-order valence-electron chi connectivity index (χ1n) is 7.05. The first-order chi connectivity index (χ1) is 10.2. The van der Waals surface area contributed by atoms with Crippen LogP contribution in [-0.4, -0.2) is 19.6 Å². The van der Waals surface area contributed by atoms with Crippen LogP contribution >= 0.6 is 0 Å². The summed E-state index contributed by atoms with van der Waals surface area (Å²) in [5, 5.41) is 3.81. The second-order valence-electron chi connectivity index (χ2n) is 4.81. The zero-order chi connectivity index (χ0) is 15.2. The van der Waals surface area contributed by atoms with Crippen LogP contribution in [0, 0.1) is 0 Å². The minimum absolute atomic E-state index is 0.0252. The summed E-state index contributed by atoms with van der Waals surface area (Å²) >= 11 is 0. The monoisotopic (exact) mass is 289 g/mol. The molecular weight excluding hydrogens is 270 g/mol. The largest absolute Gasteiger partial charge is 0.497 e. The SMILES string of the molecule is CCCCCNC(=O)c1cc2cc(OC)ccc2c(=O)o1. The number of nitrogens with one attached hydrogen (secondary N) is 1. The number of hydrogen-bond acceptors (Lipinski definition) is 4. The second kappa shape index (κ2) is 6.92. The number of fused-ring (bicyclic) bond motifs is 1. The summed E-state index contributed by atoms with van der Waals surface area (Å²) in [7, 11) is 1.55. The molecule has 1 N–H and O–H groups in total. The highest BCUT2D eigenvalue weighted by Crippen LogP contribution is 2.19. The average molecular weight is 289 g/mol. The summed E-state index contributed by atoms with van der Waals surface area (Å²) in [6.45, 7) is 2.67. The number of unbranched alkanes of at least 4 members (excludes halogenated alkanes) is 2. The molecule has 0 aliphatic rings. The van der Waals surface area contributed by atoms with E-state index in [1.54, 1.807) is 31.4 Å². The third kappa shape index (κ3) is 3.62. The van der Waals surface area contributed by atoms with Gasteiger partial charge in [0.2, 0.25) is 0 Å². The van der Waals surface area contributed by atoms with Crippen LogP contribution < -0.4 is 15.7 Å². The molecule has 112 valence electrons. The van der Waals surface area contributed by atoms with Crippen LogP contribution in [0.3, 0.4) is 0 Å². The molecule has 0 aliphatic carbocycles. The predicted octanol–water partition coefficient (Wildman–Crippen LogP) is 2.72. The molecule has 5 heteroatoms. The number of methoxy groups -OCH3 is 1. The first-order valence-corrected chi connectivity index (χ1v) is 7.05. The van der Waals surface area contributed by atoms with Gasteiger partial charge in [-0.1, -0.05) is 19.8 Å². The predicted molar refractivity (Wildman–Crippen MR) is 80.9 cm³/mol. The van der Waals surface area contributed by atoms with Crippen molar-refractivity contribution in [2.45, 2.75) is 26.2 Å². The number of benzene rings is 1. The molecule has 1 amide bonds. The normalized spacial score (nSPS) is 10.6. The molecule has 0 aliphatic heterocycles. The third-order valence-corrected chi connectivity index (χ3v) is 3.26. The van der Waals surface area contributed by atoms with Crippen molar-refractivity contribution in [2.24, 2.45) is 0 Å². The van der Waals surface area contributed by atoms with Gasteiger partial charge < -0.3 is 14.5 Å². The van der Waals surface area contributed by atoms with Gasteiger partial charge in [-0.3, -0.25) is 4.79 Å². The Morgan fingerprint density at radius 3 is 2.81 bits per heavy atom. The standard InChI is InChI=1S/C16H19NO4/c1-3-4-5-8-17-15(18)14-10-11-9-12(20-2)6-7-13(11)16(19)21-14/h6-7,9-10H,3-5,8H2,1-2H3,(H,17,18). The molecule has 2 aromatic rings. The van der Waals surface area contributed by atoms with E-state index in [9.17, 15) is 9.59 Å². The summed E-state index contributed by atoms with van der Waals surface area (Å²) in [6.07, 6.45) is 3.05. The Labute approximate surface area is 122 Å². The van der Waals surface area contributed by atoms with Crippen LogP contribution in [0.1, 0.15) is 36.7 Å². The molecule has 1 aromatic carbocycles. The Balaban J connectivity index is 2.24. The smallest absolute Gasteiger partial charge is 0.344 e. The van der Waals surface area contributed by atoms with E-state index in [0.29, 0.717) is 23.1 Å². The van der Waals surface area contributed by atoms with Gasteiger partial charge in [-0.2, -0.15) is 0 Å². The van der Waals surface area contributed by atoms with Crippen LogP contribution in [-0.2, 0) is 0 Å². The molecule has 2 rings (SSSR count). The molecule has 1 aromatic heterocycles. The van der Waals surface area contributed by atoms with Crippen LogP contribution in [0.2, 0.25) is 0 Å². The topological polar surface area (TPSA) is 68.5 Å². The van der Waals surface area contributed by atoms with E-state index in [-0.39, 0.29) is 11.7 Å². The quantitative estimate of drug-likeness (QED) is 0.830. The van der Waals surface area contributed by atoms with Crippen molar-refractivity contribution in [1.29, 1.82) is 0 Å². The highest BCUT2D eigenvalue weighted by Gasteiger charge is 2.12. The Bertz CT molecular complexity index is 690. The van der Waals surface area contributed by atoms with Crippen LogP contribution in [0.5, 0.6) is 5.75 Å². The zero-order valence-electron chi connectivity index (χ0n) is 12.3. The molecule has 0 saturated carbocycles. The van der Waals surface area contributed by atoms with Gasteiger partial charge in [0.1, 0.15) is 5.75 Å². The lowest BCUT2D eigenvalue weighted by molar-refractivity contribution is 0.0921. The van der Waals surface area contributed by atoms with Gasteiger partial charge in [-0.15, -0.1) is 0 Å². The fraction of sp³-hybridized carbons (Fsp3) is 0.375. The lowest BCUT2D eigenvalue weighted by atomic mass is 10.1. The molecule has 0 fully saturated rings. The lowest BCUT2D eigenvalue weighted by Crippen LogP contribution is -2.25. The Kier molecular flexibility index (Phi) is 4.98. The van der Waals surface area contributed by atoms with Crippen molar-refractivity contribution in [3.8, 4) is 5.75 Å². The van der Waals surface area contributed by atoms with Crippen molar-refractivity contribution in [1.82, 2.24) is 5.32 Å². The van der Waals surface area contributed by atoms with Crippen LogP contribution in [0.4, 0.5) is 0 Å². The summed E-state index contributed by atoms with van der Waals surface area (Å²) in [4.78, 5) is 23.9. The van der Waals surface area contributed by atoms with Crippen molar-refractivity contribution >= 4 is 16.7 Å². The van der Waals surface area contributed by atoms with E-state index in [1.165, 1.54) is 0 Å². The van der Waals surface area contributed by atoms with Gasteiger partial charge in [0.05, 0.1) is 12.5 Å². The maximum atomic E-state index is 12.0. The fourth-order valence-corrected chi connectivity index (χ4v) is 2.07. The van der Waals surface area contributed by atoms with E-state index < -0.39 is 5.63 Å². The summed E-state index contributed by atoms with van der Waals surface area (Å²) in [5.41, 5.74) is -0.520. The molecule has 0 saturated heterocycles. The summed E-state index contributed by atoms with van der Waals surface area (Å²) in [6, 6.07) is 6.58. The van der Waals surface area contributed by atoms with E-state index in [0.717, 1.165) is 19.3 Å². The minimum atomic E-state index is -0.520. The molecule has 0 unspecified atom stereocenters. The Morgan fingerprint density at radius 1 is 1.29 bits per heavy atom. The number of rotatable bonds is 6. The number of hydrogen-bond donors (Lipinski definition) is 1. The summed E-state index contributed by atoms with van der Waals surface area (Å²) < 4.78 is 10.2. The number of ether oxygens (including phenoxy) is 1. The van der Waals surface area contributed by atoms with E-state index in [4.69, 9.17) is 9.15 Å². The lowest BCUT2D eigenvalue weighted by Gasteiger charge is -2.05. The van der Waals surface area contributed by atoms with Crippen LogP contribution in [0.15, 0.2) is 33.5 Å². The molecule has 5 nitrogen and oxygen atoms in total. The van der Waals surface area contributed by atoms with Gasteiger partial charge >= 0.3 is 5.63 Å². The van der Waals surface area contributed by atoms with Crippen molar-refractivity contribution in [2.75, 3.05) is 13.7 Å². The van der Waals surface area contributed by atoms with E-state index in [2.05, 4.69) is 12.2 Å². The zero-order valence-corrected chi connectivity index (χ0v) is 12.3. The highest BCUT2D eigenvalue weighted by atomic mass is 16.5. The van der Waals surface area contributed by atoms with E-state index >= 15 is 0 Å². The Hall–Kier alpha value is -2.30. The van der Waals surface area contributed by atoms with Crippen molar-refractivity contribution in [3.05, 3.63) is 40.4 Å². The highest BCUT2D eigenvalue weighted by molar-refractivity contribution is 5.95. The molecular formula is C16H19NO4. The number of carbonyl (C=O) groups is 1. The number of carbonyl (C=O) groups excluding carboxylic acids is 1. The third-order valence-electron chi connectivity index (χ3n) is 3.26. The molecule has 21 heavy (non-hydrogen) atoms. The molecule has 0 radical (unpaired) electrons. The maximum absolute atomic E-state index is 12.0. The van der Waals surface area contributed by atoms with Gasteiger partial charge in [0.25, 0.3) is 5.91 Å². The molecule has 1 heterocycles. The van der Waals surface area contributed by atoms with Crippen molar-refractivity contribution < 1.29 is 13.9 Å². The average Bonchev–Trinajstić information content (AvgIpc) is 2.50. The van der Waals surface area contributed by atoms with Gasteiger partial charge in [0.15, 0.2) is 5.76 Å². The van der Waals surface area contributed by atoms with Gasteiger partial charge in [0, 0.05) is 6.54 Å². The first kappa shape index (κ1) is 15.1. The second-order valence-corrected chi connectivity index (χ2v) is 4.81. The fourth-order valence-electron chi connectivity index (χ4n) is 2.07. The van der Waals surface area contributed by atoms with Crippen LogP contribution in [0.25, 0.3) is 10.8 Å². The van der Waals surface area contributed by atoms with E-state index in [1.807, 2.05) is 0 Å². The maximum Gasteiger partial charge on any atom is 0.344 e. The molecule has 0 bridgehead atoms. The number of amides is 1. The molecule has 0 atom stereocenters. The van der Waals surface area contributed by atoms with Gasteiger partial charge in [-0.05, 0) is 36.1 Å². The Morgan fingerprint density at radius 2 is 2.10 bits per heavy atom.